The Bertz CT molecular complexity index is 296. The number of carbonyl (C=O) groups excluding carboxylic acids is 1. The molecule has 2 atom stereocenters. The molecule has 0 spiro atoms. The van der Waals surface area contributed by atoms with Gasteiger partial charge in [-0.3, -0.25) is 0 Å². The average molecular weight is 286 g/mol. The molecule has 0 aromatic rings. The summed E-state index contributed by atoms with van der Waals surface area (Å²) in [5.74, 6) is 0.534. The number of carbonyl (C=O) groups is 1. The van der Waals surface area contributed by atoms with Crippen molar-refractivity contribution in [2.45, 2.75) is 51.7 Å². The summed E-state index contributed by atoms with van der Waals surface area (Å²) in [6.45, 7) is 8.12. The first kappa shape index (κ1) is 17.2. The number of hydrogen-bond acceptors (Lipinski definition) is 4. The van der Waals surface area contributed by atoms with Crippen molar-refractivity contribution in [1.82, 2.24) is 10.2 Å². The van der Waals surface area contributed by atoms with Gasteiger partial charge >= 0.3 is 6.09 Å². The Labute approximate surface area is 123 Å². The summed E-state index contributed by atoms with van der Waals surface area (Å²) in [7, 11) is 3.73. The van der Waals surface area contributed by atoms with E-state index in [-0.39, 0.29) is 12.1 Å². The molecule has 1 unspecified atom stereocenters. The molecule has 0 aromatic heterocycles. The number of nitrogens with zero attached hydrogens (tertiary/aromatic N) is 1. The SMILES string of the molecule is CNCC(C[C@@H]1CCCOC1)N(C)C(=O)OC(C)(C)C. The smallest absolute Gasteiger partial charge is 0.410 e. The van der Waals surface area contributed by atoms with Gasteiger partial charge in [0, 0.05) is 32.8 Å². The summed E-state index contributed by atoms with van der Waals surface area (Å²) < 4.78 is 11.0. The summed E-state index contributed by atoms with van der Waals surface area (Å²) in [6, 6.07) is 0.140. The largest absolute Gasteiger partial charge is 0.444 e. The molecule has 1 N–H and O–H groups in total. The predicted octanol–water partition coefficient (Wildman–Crippen LogP) is 2.26. The summed E-state index contributed by atoms with van der Waals surface area (Å²) in [5, 5.41) is 3.17. The van der Waals surface area contributed by atoms with Crippen molar-refractivity contribution in [1.29, 1.82) is 0 Å². The fourth-order valence-corrected chi connectivity index (χ4v) is 2.48. The molecule has 0 aromatic carbocycles. The number of amides is 1. The summed E-state index contributed by atoms with van der Waals surface area (Å²) in [4.78, 5) is 13.9. The van der Waals surface area contributed by atoms with E-state index in [9.17, 15) is 4.79 Å². The lowest BCUT2D eigenvalue weighted by molar-refractivity contribution is 0.0115. The van der Waals surface area contributed by atoms with Crippen LogP contribution in [0.4, 0.5) is 4.79 Å². The van der Waals surface area contributed by atoms with Crippen molar-refractivity contribution in [2.75, 3.05) is 33.9 Å². The first-order valence-electron chi connectivity index (χ1n) is 7.51. The summed E-state index contributed by atoms with van der Waals surface area (Å²) >= 11 is 0. The highest BCUT2D eigenvalue weighted by Gasteiger charge is 2.27. The first-order chi connectivity index (χ1) is 9.33. The Morgan fingerprint density at radius 1 is 1.50 bits per heavy atom. The van der Waals surface area contributed by atoms with E-state index in [0.29, 0.717) is 5.92 Å². The third kappa shape index (κ3) is 6.09. The second kappa shape index (κ2) is 7.84. The molecule has 0 radical (unpaired) electrons. The van der Waals surface area contributed by atoms with E-state index in [1.807, 2.05) is 34.9 Å². The van der Waals surface area contributed by atoms with Crippen LogP contribution in [-0.2, 0) is 9.47 Å². The molecule has 5 heteroatoms. The van der Waals surface area contributed by atoms with Gasteiger partial charge in [-0.2, -0.15) is 0 Å². The molecule has 20 heavy (non-hydrogen) atoms. The maximum atomic E-state index is 12.2. The van der Waals surface area contributed by atoms with Crippen molar-refractivity contribution < 1.29 is 14.3 Å². The molecule has 0 saturated carbocycles. The van der Waals surface area contributed by atoms with E-state index in [0.717, 1.165) is 32.6 Å². The zero-order chi connectivity index (χ0) is 15.2. The lowest BCUT2D eigenvalue weighted by Gasteiger charge is -2.33. The van der Waals surface area contributed by atoms with Crippen LogP contribution in [0.2, 0.25) is 0 Å². The third-order valence-corrected chi connectivity index (χ3v) is 3.53. The van der Waals surface area contributed by atoms with Gasteiger partial charge in [-0.1, -0.05) is 0 Å². The quantitative estimate of drug-likeness (QED) is 0.842. The van der Waals surface area contributed by atoms with Crippen molar-refractivity contribution in [3.05, 3.63) is 0 Å². The summed E-state index contributed by atoms with van der Waals surface area (Å²) in [5.41, 5.74) is -0.455. The Hall–Kier alpha value is -0.810. The lowest BCUT2D eigenvalue weighted by Crippen LogP contribution is -2.46. The van der Waals surface area contributed by atoms with Crippen LogP contribution in [0.25, 0.3) is 0 Å². The molecule has 1 saturated heterocycles. The monoisotopic (exact) mass is 286 g/mol. The second-order valence-electron chi connectivity index (χ2n) is 6.62. The molecule has 1 rings (SSSR count). The van der Waals surface area contributed by atoms with Gasteiger partial charge < -0.3 is 19.7 Å². The van der Waals surface area contributed by atoms with Crippen LogP contribution >= 0.6 is 0 Å². The molecule has 5 nitrogen and oxygen atoms in total. The fourth-order valence-electron chi connectivity index (χ4n) is 2.48. The maximum absolute atomic E-state index is 12.2. The lowest BCUT2D eigenvalue weighted by atomic mass is 9.94. The van der Waals surface area contributed by atoms with E-state index in [1.165, 1.54) is 6.42 Å². The van der Waals surface area contributed by atoms with Gasteiger partial charge in [-0.15, -0.1) is 0 Å². The van der Waals surface area contributed by atoms with Gasteiger partial charge in [-0.05, 0) is 53.0 Å². The van der Waals surface area contributed by atoms with Crippen molar-refractivity contribution in [3.8, 4) is 0 Å². The van der Waals surface area contributed by atoms with Gasteiger partial charge in [0.25, 0.3) is 0 Å². The van der Waals surface area contributed by atoms with Gasteiger partial charge in [0.1, 0.15) is 5.60 Å². The first-order valence-corrected chi connectivity index (χ1v) is 7.51. The zero-order valence-electron chi connectivity index (χ0n) is 13.6. The molecular weight excluding hydrogens is 256 g/mol. The van der Waals surface area contributed by atoms with Gasteiger partial charge in [0.05, 0.1) is 0 Å². The topological polar surface area (TPSA) is 50.8 Å². The van der Waals surface area contributed by atoms with Gasteiger partial charge in [0.15, 0.2) is 0 Å². The van der Waals surface area contributed by atoms with E-state index in [2.05, 4.69) is 5.32 Å². The minimum absolute atomic E-state index is 0.140. The van der Waals surface area contributed by atoms with E-state index < -0.39 is 5.60 Å². The molecule has 118 valence electrons. The Morgan fingerprint density at radius 3 is 2.70 bits per heavy atom. The third-order valence-electron chi connectivity index (χ3n) is 3.53. The second-order valence-corrected chi connectivity index (χ2v) is 6.62. The van der Waals surface area contributed by atoms with Crippen LogP contribution < -0.4 is 5.32 Å². The van der Waals surface area contributed by atoms with Crippen LogP contribution in [0.15, 0.2) is 0 Å². The van der Waals surface area contributed by atoms with Crippen LogP contribution in [0, 0.1) is 5.92 Å². The number of hydrogen-bond donors (Lipinski definition) is 1. The molecule has 1 heterocycles. The molecular formula is C15H30N2O3. The fraction of sp³-hybridized carbons (Fsp3) is 0.933. The van der Waals surface area contributed by atoms with Crippen molar-refractivity contribution >= 4 is 6.09 Å². The molecule has 1 aliphatic heterocycles. The van der Waals surface area contributed by atoms with Crippen molar-refractivity contribution in [2.24, 2.45) is 5.92 Å². The molecule has 1 amide bonds. The summed E-state index contributed by atoms with van der Waals surface area (Å²) in [6.07, 6.45) is 3.00. The minimum atomic E-state index is -0.455. The standard InChI is InChI=1S/C15H30N2O3/c1-15(2,3)20-14(18)17(5)13(10-16-4)9-12-7-6-8-19-11-12/h12-13,16H,6-11H2,1-5H3/t12-,13?/m0/s1. The van der Waals surface area contributed by atoms with Crippen molar-refractivity contribution in [3.63, 3.8) is 0 Å². The zero-order valence-corrected chi connectivity index (χ0v) is 13.6. The normalized spacial score (nSPS) is 21.4. The molecule has 1 aliphatic rings. The van der Waals surface area contributed by atoms with Gasteiger partial charge in [-0.25, -0.2) is 4.79 Å². The van der Waals surface area contributed by atoms with E-state index >= 15 is 0 Å². The van der Waals surface area contributed by atoms with E-state index in [4.69, 9.17) is 9.47 Å². The highest BCUT2D eigenvalue weighted by atomic mass is 16.6. The van der Waals surface area contributed by atoms with Gasteiger partial charge in [0.2, 0.25) is 0 Å². The predicted molar refractivity (Wildman–Crippen MR) is 79.9 cm³/mol. The number of likely N-dealkylation sites (N-methyl/N-ethyl adjacent to an activating group) is 2. The highest BCUT2D eigenvalue weighted by Crippen LogP contribution is 2.21. The Kier molecular flexibility index (Phi) is 6.76. The Morgan fingerprint density at radius 2 is 2.20 bits per heavy atom. The van der Waals surface area contributed by atoms with Crippen LogP contribution in [0.5, 0.6) is 0 Å². The van der Waals surface area contributed by atoms with E-state index in [1.54, 1.807) is 4.90 Å². The minimum Gasteiger partial charge on any atom is -0.444 e. The highest BCUT2D eigenvalue weighted by molar-refractivity contribution is 5.68. The van der Waals surface area contributed by atoms with Crippen LogP contribution in [-0.4, -0.2) is 56.5 Å². The van der Waals surface area contributed by atoms with Crippen LogP contribution in [0.3, 0.4) is 0 Å². The maximum Gasteiger partial charge on any atom is 0.410 e. The Balaban J connectivity index is 2.56. The number of rotatable bonds is 5. The molecule has 0 aliphatic carbocycles. The molecule has 1 fully saturated rings. The molecule has 0 bridgehead atoms. The average Bonchev–Trinajstić information content (AvgIpc) is 2.36. The van der Waals surface area contributed by atoms with Crippen LogP contribution in [0.1, 0.15) is 40.0 Å². The number of nitrogens with one attached hydrogen (secondary N) is 1. The number of ether oxygens (including phenoxy) is 2.